The van der Waals surface area contributed by atoms with Crippen LogP contribution in [0.25, 0.3) is 0 Å². The Labute approximate surface area is 96.1 Å². The maximum absolute atomic E-state index is 11.5. The second kappa shape index (κ2) is 5.51. The molecule has 0 unspecified atom stereocenters. The van der Waals surface area contributed by atoms with Gasteiger partial charge in [0.25, 0.3) is 0 Å². The molecule has 4 nitrogen and oxygen atoms in total. The third kappa shape index (κ3) is 3.55. The number of amides is 1. The first-order valence-electron chi connectivity index (χ1n) is 5.16. The Morgan fingerprint density at radius 1 is 1.25 bits per heavy atom. The van der Waals surface area contributed by atoms with E-state index in [1.54, 1.807) is 31.1 Å². The lowest BCUT2D eigenvalue weighted by Crippen LogP contribution is -2.34. The molecular formula is C12H18N2O2. The van der Waals surface area contributed by atoms with E-state index in [4.69, 9.17) is 0 Å². The average molecular weight is 222 g/mol. The predicted octanol–water partition coefficient (Wildman–Crippen LogP) is 0.912. The highest BCUT2D eigenvalue weighted by atomic mass is 16.3. The Morgan fingerprint density at radius 2 is 1.88 bits per heavy atom. The molecule has 1 N–H and O–H groups in total. The zero-order valence-corrected chi connectivity index (χ0v) is 9.97. The lowest BCUT2D eigenvalue weighted by molar-refractivity contribution is -0.129. The smallest absolute Gasteiger partial charge is 0.236 e. The largest absolute Gasteiger partial charge is 0.508 e. The summed E-state index contributed by atoms with van der Waals surface area (Å²) in [4.78, 5) is 14.9. The molecule has 4 heteroatoms. The lowest BCUT2D eigenvalue weighted by Gasteiger charge is -2.19. The zero-order chi connectivity index (χ0) is 12.1. The lowest BCUT2D eigenvalue weighted by atomic mass is 10.2. The van der Waals surface area contributed by atoms with Crippen molar-refractivity contribution in [1.82, 2.24) is 9.80 Å². The predicted molar refractivity (Wildman–Crippen MR) is 63.1 cm³/mol. The van der Waals surface area contributed by atoms with Gasteiger partial charge in [-0.05, 0) is 13.1 Å². The number of likely N-dealkylation sites (N-methyl/N-ethyl adjacent to an activating group) is 2. The molecule has 16 heavy (non-hydrogen) atoms. The van der Waals surface area contributed by atoms with Gasteiger partial charge in [-0.25, -0.2) is 0 Å². The van der Waals surface area contributed by atoms with Gasteiger partial charge in [0.05, 0.1) is 6.54 Å². The van der Waals surface area contributed by atoms with Gasteiger partial charge in [-0.2, -0.15) is 0 Å². The summed E-state index contributed by atoms with van der Waals surface area (Å²) in [7, 11) is 5.32. The van der Waals surface area contributed by atoms with Crippen LogP contribution in [0.1, 0.15) is 5.56 Å². The minimum Gasteiger partial charge on any atom is -0.508 e. The van der Waals surface area contributed by atoms with Gasteiger partial charge < -0.3 is 10.0 Å². The Bertz CT molecular complexity index is 364. The highest BCUT2D eigenvalue weighted by molar-refractivity contribution is 5.77. The molecule has 0 heterocycles. The zero-order valence-electron chi connectivity index (χ0n) is 9.97. The molecule has 88 valence electrons. The summed E-state index contributed by atoms with van der Waals surface area (Å²) in [5, 5.41) is 9.58. The summed E-state index contributed by atoms with van der Waals surface area (Å²) in [6.45, 7) is 0.910. The number of hydrogen-bond acceptors (Lipinski definition) is 3. The Kier molecular flexibility index (Phi) is 4.31. The van der Waals surface area contributed by atoms with Gasteiger partial charge in [-0.1, -0.05) is 18.2 Å². The van der Waals surface area contributed by atoms with E-state index in [1.165, 1.54) is 0 Å². The number of rotatable bonds is 4. The Balaban J connectivity index is 2.55. The van der Waals surface area contributed by atoms with Gasteiger partial charge in [0, 0.05) is 26.2 Å². The molecule has 0 aliphatic heterocycles. The van der Waals surface area contributed by atoms with Gasteiger partial charge in [0.1, 0.15) is 5.75 Å². The van der Waals surface area contributed by atoms with E-state index in [2.05, 4.69) is 0 Å². The van der Waals surface area contributed by atoms with Crippen LogP contribution in [0.3, 0.4) is 0 Å². The van der Waals surface area contributed by atoms with Gasteiger partial charge in [-0.3, -0.25) is 9.69 Å². The van der Waals surface area contributed by atoms with Crippen LogP contribution in [0.5, 0.6) is 5.75 Å². The molecule has 0 spiro atoms. The van der Waals surface area contributed by atoms with Crippen LogP contribution in [0.4, 0.5) is 0 Å². The van der Waals surface area contributed by atoms with E-state index in [0.717, 1.165) is 5.56 Å². The summed E-state index contributed by atoms with van der Waals surface area (Å²) in [5.74, 6) is 0.324. The van der Waals surface area contributed by atoms with Crippen LogP contribution < -0.4 is 0 Å². The molecule has 0 saturated heterocycles. The van der Waals surface area contributed by atoms with Gasteiger partial charge in [0.15, 0.2) is 0 Å². The number of hydrogen-bond donors (Lipinski definition) is 1. The fourth-order valence-corrected chi connectivity index (χ4v) is 1.36. The quantitative estimate of drug-likeness (QED) is 0.823. The molecule has 1 aromatic carbocycles. The number of carbonyl (C=O) groups excluding carboxylic acids is 1. The molecule has 0 saturated carbocycles. The number of phenols is 1. The van der Waals surface area contributed by atoms with Gasteiger partial charge in [-0.15, -0.1) is 0 Å². The molecule has 0 aliphatic rings. The van der Waals surface area contributed by atoms with Crippen molar-refractivity contribution in [3.63, 3.8) is 0 Å². The topological polar surface area (TPSA) is 43.8 Å². The summed E-state index contributed by atoms with van der Waals surface area (Å²) >= 11 is 0. The third-order valence-corrected chi connectivity index (χ3v) is 2.34. The number of phenolic OH excluding ortho intramolecular Hbond substituents is 1. The minimum absolute atomic E-state index is 0.0536. The molecule has 1 rings (SSSR count). The van der Waals surface area contributed by atoms with Crippen molar-refractivity contribution in [2.24, 2.45) is 0 Å². The molecule has 0 aromatic heterocycles. The van der Waals surface area contributed by atoms with Crippen LogP contribution >= 0.6 is 0 Å². The first-order chi connectivity index (χ1) is 7.50. The highest BCUT2D eigenvalue weighted by Gasteiger charge is 2.10. The van der Waals surface area contributed by atoms with Crippen LogP contribution in [-0.2, 0) is 11.3 Å². The first kappa shape index (κ1) is 12.5. The van der Waals surface area contributed by atoms with Gasteiger partial charge in [0.2, 0.25) is 5.91 Å². The van der Waals surface area contributed by atoms with Crippen molar-refractivity contribution in [3.8, 4) is 5.75 Å². The van der Waals surface area contributed by atoms with Crippen LogP contribution in [0.2, 0.25) is 0 Å². The van der Waals surface area contributed by atoms with Gasteiger partial charge >= 0.3 is 0 Å². The molecule has 0 aliphatic carbocycles. The molecule has 0 bridgehead atoms. The average Bonchev–Trinajstić information content (AvgIpc) is 2.21. The van der Waals surface area contributed by atoms with E-state index < -0.39 is 0 Å². The molecule has 0 fully saturated rings. The monoisotopic (exact) mass is 222 g/mol. The van der Waals surface area contributed by atoms with E-state index in [0.29, 0.717) is 13.1 Å². The second-order valence-corrected chi connectivity index (χ2v) is 4.09. The van der Waals surface area contributed by atoms with Crippen molar-refractivity contribution < 1.29 is 9.90 Å². The third-order valence-electron chi connectivity index (χ3n) is 2.34. The molecule has 0 atom stereocenters. The second-order valence-electron chi connectivity index (χ2n) is 4.09. The maximum Gasteiger partial charge on any atom is 0.236 e. The number of carbonyl (C=O) groups is 1. The standard InChI is InChI=1S/C12H18N2O2/c1-13(2)12(16)9-14(3)8-10-6-4-5-7-11(10)15/h4-7,15H,8-9H2,1-3H3. The highest BCUT2D eigenvalue weighted by Crippen LogP contribution is 2.16. The molecule has 0 radical (unpaired) electrons. The Morgan fingerprint density at radius 3 is 2.44 bits per heavy atom. The van der Waals surface area contributed by atoms with E-state index >= 15 is 0 Å². The molecule has 1 amide bonds. The van der Waals surface area contributed by atoms with E-state index in [-0.39, 0.29) is 11.7 Å². The minimum atomic E-state index is 0.0536. The fraction of sp³-hybridized carbons (Fsp3) is 0.417. The van der Waals surface area contributed by atoms with Crippen molar-refractivity contribution in [3.05, 3.63) is 29.8 Å². The van der Waals surface area contributed by atoms with Crippen molar-refractivity contribution in [2.45, 2.75) is 6.54 Å². The van der Waals surface area contributed by atoms with E-state index in [1.807, 2.05) is 24.1 Å². The molecule has 1 aromatic rings. The summed E-state index contributed by atoms with van der Waals surface area (Å²) in [6, 6.07) is 7.16. The van der Waals surface area contributed by atoms with Crippen molar-refractivity contribution >= 4 is 5.91 Å². The summed E-state index contributed by atoms with van der Waals surface area (Å²) in [5.41, 5.74) is 0.830. The number of benzene rings is 1. The van der Waals surface area contributed by atoms with Crippen LogP contribution in [0, 0.1) is 0 Å². The van der Waals surface area contributed by atoms with Crippen LogP contribution in [0.15, 0.2) is 24.3 Å². The van der Waals surface area contributed by atoms with Crippen molar-refractivity contribution in [2.75, 3.05) is 27.7 Å². The maximum atomic E-state index is 11.5. The fourth-order valence-electron chi connectivity index (χ4n) is 1.36. The SMILES string of the molecule is CN(CC(=O)N(C)C)Cc1ccccc1O. The van der Waals surface area contributed by atoms with E-state index in [9.17, 15) is 9.90 Å². The Hall–Kier alpha value is -1.55. The number of nitrogens with zero attached hydrogens (tertiary/aromatic N) is 2. The normalized spacial score (nSPS) is 10.5. The number of para-hydroxylation sites is 1. The first-order valence-corrected chi connectivity index (χ1v) is 5.16. The van der Waals surface area contributed by atoms with Crippen LogP contribution in [-0.4, -0.2) is 48.5 Å². The summed E-state index contributed by atoms with van der Waals surface area (Å²) in [6.07, 6.45) is 0. The summed E-state index contributed by atoms with van der Waals surface area (Å²) < 4.78 is 0. The number of aromatic hydroxyl groups is 1. The van der Waals surface area contributed by atoms with Crippen molar-refractivity contribution in [1.29, 1.82) is 0 Å². The molecular weight excluding hydrogens is 204 g/mol.